The summed E-state index contributed by atoms with van der Waals surface area (Å²) >= 11 is 1.68. The summed E-state index contributed by atoms with van der Waals surface area (Å²) in [5, 5.41) is 6.49. The highest BCUT2D eigenvalue weighted by Crippen LogP contribution is 2.24. The third kappa shape index (κ3) is 2.13. The van der Waals surface area contributed by atoms with Crippen molar-refractivity contribution in [3.05, 3.63) is 45.7 Å². The van der Waals surface area contributed by atoms with Crippen molar-refractivity contribution in [1.82, 2.24) is 15.3 Å². The Morgan fingerprint density at radius 2 is 2.19 bits per heavy atom. The van der Waals surface area contributed by atoms with Gasteiger partial charge in [-0.05, 0) is 38.1 Å². The van der Waals surface area contributed by atoms with Crippen LogP contribution in [-0.2, 0) is 0 Å². The van der Waals surface area contributed by atoms with E-state index < -0.39 is 0 Å². The maximum Gasteiger partial charge on any atom is 0.0898 e. The minimum Gasteiger partial charge on any atom is -0.308 e. The molecule has 16 heavy (non-hydrogen) atoms. The summed E-state index contributed by atoms with van der Waals surface area (Å²) in [6.07, 6.45) is 3.73. The number of thiazole rings is 1. The second-order valence-electron chi connectivity index (χ2n) is 3.75. The zero-order valence-electron chi connectivity index (χ0n) is 9.69. The Labute approximate surface area is 99.6 Å². The van der Waals surface area contributed by atoms with Crippen LogP contribution in [0.5, 0.6) is 0 Å². The second-order valence-corrected chi connectivity index (χ2v) is 4.81. The molecule has 0 saturated heterocycles. The molecule has 2 rings (SSSR count). The number of aryl methyl sites for hydroxylation is 2. The largest absolute Gasteiger partial charge is 0.308 e. The highest BCUT2D eigenvalue weighted by atomic mass is 32.1. The molecule has 0 aliphatic carbocycles. The van der Waals surface area contributed by atoms with Gasteiger partial charge in [-0.25, -0.2) is 4.98 Å². The molecule has 0 saturated carbocycles. The summed E-state index contributed by atoms with van der Waals surface area (Å²) in [6.45, 7) is 4.12. The lowest BCUT2D eigenvalue weighted by atomic mass is 10.0. The van der Waals surface area contributed by atoms with Gasteiger partial charge in [-0.15, -0.1) is 11.3 Å². The first-order valence-electron chi connectivity index (χ1n) is 5.22. The Kier molecular flexibility index (Phi) is 3.31. The van der Waals surface area contributed by atoms with Crippen LogP contribution in [0.15, 0.2) is 23.8 Å². The highest BCUT2D eigenvalue weighted by molar-refractivity contribution is 7.09. The van der Waals surface area contributed by atoms with Crippen LogP contribution in [0.2, 0.25) is 0 Å². The van der Waals surface area contributed by atoms with Crippen LogP contribution in [0.25, 0.3) is 0 Å². The summed E-state index contributed by atoms with van der Waals surface area (Å²) < 4.78 is 0. The molecule has 0 bridgehead atoms. The Balaban J connectivity index is 2.40. The van der Waals surface area contributed by atoms with Gasteiger partial charge in [-0.3, -0.25) is 4.98 Å². The van der Waals surface area contributed by atoms with Crippen molar-refractivity contribution in [2.75, 3.05) is 7.05 Å². The molecule has 4 heteroatoms. The quantitative estimate of drug-likeness (QED) is 0.885. The topological polar surface area (TPSA) is 37.8 Å². The summed E-state index contributed by atoms with van der Waals surface area (Å²) in [7, 11) is 1.95. The maximum absolute atomic E-state index is 4.53. The van der Waals surface area contributed by atoms with Crippen molar-refractivity contribution in [2.45, 2.75) is 19.9 Å². The summed E-state index contributed by atoms with van der Waals surface area (Å²) in [6, 6.07) is 2.16. The van der Waals surface area contributed by atoms with Crippen LogP contribution in [0.4, 0.5) is 0 Å². The average molecular weight is 233 g/mol. The molecule has 1 unspecified atom stereocenters. The van der Waals surface area contributed by atoms with Crippen molar-refractivity contribution in [1.29, 1.82) is 0 Å². The van der Waals surface area contributed by atoms with Crippen LogP contribution in [0, 0.1) is 13.8 Å². The van der Waals surface area contributed by atoms with Crippen molar-refractivity contribution in [3.8, 4) is 0 Å². The molecule has 0 amide bonds. The number of hydrogen-bond donors (Lipinski definition) is 1. The van der Waals surface area contributed by atoms with Crippen LogP contribution in [-0.4, -0.2) is 17.0 Å². The van der Waals surface area contributed by atoms with E-state index in [1.165, 1.54) is 11.1 Å². The molecular weight excluding hydrogens is 218 g/mol. The summed E-state index contributed by atoms with van der Waals surface area (Å²) in [4.78, 5) is 8.71. The van der Waals surface area contributed by atoms with Crippen LogP contribution in [0.3, 0.4) is 0 Å². The number of aromatic nitrogens is 2. The van der Waals surface area contributed by atoms with E-state index in [9.17, 15) is 0 Å². The third-order valence-electron chi connectivity index (χ3n) is 2.61. The molecule has 2 aromatic rings. The van der Waals surface area contributed by atoms with E-state index in [-0.39, 0.29) is 6.04 Å². The molecule has 2 heterocycles. The first-order chi connectivity index (χ1) is 7.72. The highest BCUT2D eigenvalue weighted by Gasteiger charge is 2.16. The first-order valence-corrected chi connectivity index (χ1v) is 6.10. The van der Waals surface area contributed by atoms with Crippen molar-refractivity contribution < 1.29 is 0 Å². The average Bonchev–Trinajstić information content (AvgIpc) is 2.69. The van der Waals surface area contributed by atoms with E-state index in [4.69, 9.17) is 0 Å². The lowest BCUT2D eigenvalue weighted by molar-refractivity contribution is 0.667. The number of hydrogen-bond acceptors (Lipinski definition) is 4. The molecule has 0 fully saturated rings. The molecule has 0 aromatic carbocycles. The normalized spacial score (nSPS) is 12.7. The minimum absolute atomic E-state index is 0.138. The fourth-order valence-electron chi connectivity index (χ4n) is 1.75. The van der Waals surface area contributed by atoms with Crippen LogP contribution in [0.1, 0.15) is 27.9 Å². The molecule has 1 N–H and O–H groups in total. The number of pyridine rings is 1. The summed E-state index contributed by atoms with van der Waals surface area (Å²) in [5.41, 5.74) is 3.50. The smallest absolute Gasteiger partial charge is 0.0898 e. The fourth-order valence-corrected chi connectivity index (χ4v) is 2.39. The van der Waals surface area contributed by atoms with Gasteiger partial charge in [0.1, 0.15) is 0 Å². The molecule has 0 aliphatic rings. The van der Waals surface area contributed by atoms with E-state index in [0.717, 1.165) is 10.7 Å². The molecule has 84 valence electrons. The van der Waals surface area contributed by atoms with E-state index in [2.05, 4.69) is 27.6 Å². The van der Waals surface area contributed by atoms with Crippen molar-refractivity contribution in [3.63, 3.8) is 0 Å². The van der Waals surface area contributed by atoms with Crippen LogP contribution < -0.4 is 5.32 Å². The molecular formula is C12H15N3S. The standard InChI is InChI=1S/C12H15N3S/c1-8-4-5-14-6-10(8)12(13-3)11-7-16-9(2)15-11/h4-7,12-13H,1-3H3. The Morgan fingerprint density at radius 3 is 2.75 bits per heavy atom. The number of rotatable bonds is 3. The Bertz CT molecular complexity index is 479. The van der Waals surface area contributed by atoms with Gasteiger partial charge in [-0.2, -0.15) is 0 Å². The lowest BCUT2D eigenvalue weighted by Crippen LogP contribution is -2.19. The zero-order valence-corrected chi connectivity index (χ0v) is 10.5. The SMILES string of the molecule is CNC(c1csc(C)n1)c1cnccc1C. The van der Waals surface area contributed by atoms with Gasteiger partial charge >= 0.3 is 0 Å². The second kappa shape index (κ2) is 4.72. The zero-order chi connectivity index (χ0) is 11.5. The molecule has 0 radical (unpaired) electrons. The van der Waals surface area contributed by atoms with E-state index in [0.29, 0.717) is 0 Å². The number of nitrogens with zero attached hydrogens (tertiary/aromatic N) is 2. The Morgan fingerprint density at radius 1 is 1.38 bits per heavy atom. The molecule has 0 aliphatic heterocycles. The van der Waals surface area contributed by atoms with Crippen LogP contribution >= 0.6 is 11.3 Å². The maximum atomic E-state index is 4.53. The van der Waals surface area contributed by atoms with Gasteiger partial charge in [0.25, 0.3) is 0 Å². The van der Waals surface area contributed by atoms with E-state index >= 15 is 0 Å². The fraction of sp³-hybridized carbons (Fsp3) is 0.333. The number of nitrogens with one attached hydrogen (secondary N) is 1. The van der Waals surface area contributed by atoms with Crippen molar-refractivity contribution >= 4 is 11.3 Å². The lowest BCUT2D eigenvalue weighted by Gasteiger charge is -2.16. The summed E-state index contributed by atoms with van der Waals surface area (Å²) in [5.74, 6) is 0. The van der Waals surface area contributed by atoms with Gasteiger partial charge in [0.05, 0.1) is 16.7 Å². The van der Waals surface area contributed by atoms with Gasteiger partial charge in [-0.1, -0.05) is 0 Å². The van der Waals surface area contributed by atoms with E-state index in [1.807, 2.05) is 32.4 Å². The Hall–Kier alpha value is -1.26. The predicted molar refractivity (Wildman–Crippen MR) is 66.7 cm³/mol. The molecule has 3 nitrogen and oxygen atoms in total. The first kappa shape index (κ1) is 11.2. The van der Waals surface area contributed by atoms with Gasteiger partial charge in [0.15, 0.2) is 0 Å². The molecule has 0 spiro atoms. The van der Waals surface area contributed by atoms with Gasteiger partial charge in [0, 0.05) is 17.8 Å². The van der Waals surface area contributed by atoms with Gasteiger partial charge < -0.3 is 5.32 Å². The predicted octanol–water partition coefficient (Wildman–Crippen LogP) is 2.46. The monoisotopic (exact) mass is 233 g/mol. The molecule has 2 aromatic heterocycles. The molecule has 1 atom stereocenters. The third-order valence-corrected chi connectivity index (χ3v) is 3.40. The van der Waals surface area contributed by atoms with E-state index in [1.54, 1.807) is 11.3 Å². The van der Waals surface area contributed by atoms with Gasteiger partial charge in [0.2, 0.25) is 0 Å². The minimum atomic E-state index is 0.138. The van der Waals surface area contributed by atoms with Crippen molar-refractivity contribution in [2.24, 2.45) is 0 Å².